The summed E-state index contributed by atoms with van der Waals surface area (Å²) in [6.45, 7) is -0.478. The largest absolute Gasteiger partial charge is 0.394 e. The Morgan fingerprint density at radius 2 is 0.962 bits per heavy atom. The molecule has 26 heavy (non-hydrogen) atoms. The Hall–Kier alpha value is -1.80. The van der Waals surface area contributed by atoms with Gasteiger partial charge in [-0.1, -0.05) is 60.7 Å². The predicted molar refractivity (Wildman–Crippen MR) is 92.0 cm³/mol. The van der Waals surface area contributed by atoms with Crippen LogP contribution in [0.15, 0.2) is 60.7 Å². The van der Waals surface area contributed by atoms with Gasteiger partial charge in [-0.25, -0.2) is 0 Å². The number of rotatable bonds is 4. The van der Waals surface area contributed by atoms with Crippen molar-refractivity contribution in [1.82, 2.24) is 0 Å². The predicted octanol–water partition coefficient (Wildman–Crippen LogP) is 1.94. The Bertz CT molecular complexity index is 672. The van der Waals surface area contributed by atoms with E-state index in [0.717, 1.165) is 11.1 Å². The minimum Gasteiger partial charge on any atom is -0.394 e. The molecule has 2 unspecified atom stereocenters. The number of ether oxygens (including phenoxy) is 4. The highest BCUT2D eigenvalue weighted by Gasteiger charge is 2.50. The third-order valence-electron chi connectivity index (χ3n) is 4.72. The molecule has 6 atom stereocenters. The van der Waals surface area contributed by atoms with E-state index in [4.69, 9.17) is 18.9 Å². The van der Waals surface area contributed by atoms with Crippen LogP contribution in [0.4, 0.5) is 0 Å². The average Bonchev–Trinajstić information content (AvgIpc) is 3.08. The minimum atomic E-state index is -0.710. The molecule has 2 heterocycles. The van der Waals surface area contributed by atoms with Crippen LogP contribution >= 0.6 is 0 Å². The fraction of sp³-hybridized carbons (Fsp3) is 0.400. The fourth-order valence-electron chi connectivity index (χ4n) is 3.40. The van der Waals surface area contributed by atoms with E-state index in [2.05, 4.69) is 0 Å². The Labute approximate surface area is 151 Å². The second kappa shape index (κ2) is 7.84. The summed E-state index contributed by atoms with van der Waals surface area (Å²) in [5.41, 5.74) is 1.68. The zero-order valence-corrected chi connectivity index (χ0v) is 14.2. The van der Waals surface area contributed by atoms with Crippen molar-refractivity contribution < 1.29 is 29.2 Å². The molecule has 6 nitrogen and oxygen atoms in total. The van der Waals surface area contributed by atoms with Crippen molar-refractivity contribution in [2.45, 2.75) is 37.0 Å². The van der Waals surface area contributed by atoms with E-state index >= 15 is 0 Å². The van der Waals surface area contributed by atoms with Crippen LogP contribution in [-0.4, -0.2) is 47.8 Å². The molecule has 0 aliphatic carbocycles. The molecule has 6 heteroatoms. The number of hydrogen-bond acceptors (Lipinski definition) is 6. The van der Waals surface area contributed by atoms with Gasteiger partial charge in [-0.2, -0.15) is 0 Å². The van der Waals surface area contributed by atoms with E-state index < -0.39 is 37.0 Å². The molecule has 0 bridgehead atoms. The van der Waals surface area contributed by atoms with Gasteiger partial charge >= 0.3 is 0 Å². The van der Waals surface area contributed by atoms with Crippen LogP contribution in [0, 0.1) is 0 Å². The lowest BCUT2D eigenvalue weighted by molar-refractivity contribution is -0.223. The zero-order chi connectivity index (χ0) is 17.9. The fourth-order valence-corrected chi connectivity index (χ4v) is 3.40. The van der Waals surface area contributed by atoms with Crippen LogP contribution < -0.4 is 0 Å². The molecular formula is C20H22O6. The average molecular weight is 358 g/mol. The first-order chi connectivity index (χ1) is 12.8. The Balaban J connectivity index is 1.60. The third kappa shape index (κ3) is 3.40. The van der Waals surface area contributed by atoms with Gasteiger partial charge in [0.25, 0.3) is 0 Å². The molecule has 2 N–H and O–H groups in total. The molecule has 0 spiro atoms. The topological polar surface area (TPSA) is 77.4 Å². The molecule has 4 rings (SSSR count). The summed E-state index contributed by atoms with van der Waals surface area (Å²) < 4.78 is 24.1. The third-order valence-corrected chi connectivity index (χ3v) is 4.72. The highest BCUT2D eigenvalue weighted by Crippen LogP contribution is 2.40. The summed E-state index contributed by atoms with van der Waals surface area (Å²) >= 11 is 0. The van der Waals surface area contributed by atoms with Gasteiger partial charge in [-0.05, 0) is 0 Å². The standard InChI is InChI=1S/C20H22O6/c21-11-15-17-18(26-20(25-17)14-9-5-2-6-10-14)16(12-22)24-19(23-15)13-7-3-1-4-8-13/h1-10,15-22H,11-12H2/t15-,16+,17-,18-,19?,20?/m1/s1. The summed E-state index contributed by atoms with van der Waals surface area (Å²) in [5.74, 6) is 0. The summed E-state index contributed by atoms with van der Waals surface area (Å²) in [7, 11) is 0. The van der Waals surface area contributed by atoms with E-state index in [0.29, 0.717) is 0 Å². The summed E-state index contributed by atoms with van der Waals surface area (Å²) in [4.78, 5) is 0. The molecule has 0 amide bonds. The van der Waals surface area contributed by atoms with Crippen LogP contribution in [0.3, 0.4) is 0 Å². The number of benzene rings is 2. The second-order valence-electron chi connectivity index (χ2n) is 6.40. The summed E-state index contributed by atoms with van der Waals surface area (Å²) in [6.07, 6.45) is -3.65. The molecule has 2 aliphatic heterocycles. The molecule has 2 aliphatic rings. The van der Waals surface area contributed by atoms with E-state index in [1.54, 1.807) is 0 Å². The highest BCUT2D eigenvalue weighted by atomic mass is 16.8. The molecule has 0 radical (unpaired) electrons. The van der Waals surface area contributed by atoms with Crippen LogP contribution in [0.1, 0.15) is 23.7 Å². The van der Waals surface area contributed by atoms with Crippen LogP contribution in [-0.2, 0) is 18.9 Å². The first-order valence-electron chi connectivity index (χ1n) is 8.73. The maximum absolute atomic E-state index is 9.86. The van der Waals surface area contributed by atoms with Gasteiger partial charge in [0.15, 0.2) is 12.6 Å². The zero-order valence-electron chi connectivity index (χ0n) is 14.2. The number of aliphatic hydroxyl groups is 2. The van der Waals surface area contributed by atoms with E-state index in [1.165, 1.54) is 0 Å². The first-order valence-corrected chi connectivity index (χ1v) is 8.73. The molecular weight excluding hydrogens is 336 g/mol. The van der Waals surface area contributed by atoms with Gasteiger partial charge < -0.3 is 29.2 Å². The van der Waals surface area contributed by atoms with Crippen molar-refractivity contribution in [2.75, 3.05) is 13.2 Å². The smallest absolute Gasteiger partial charge is 0.184 e. The Morgan fingerprint density at radius 1 is 0.577 bits per heavy atom. The molecule has 138 valence electrons. The number of fused-ring (bicyclic) bond motifs is 1. The van der Waals surface area contributed by atoms with Crippen molar-refractivity contribution in [3.8, 4) is 0 Å². The van der Waals surface area contributed by atoms with Crippen molar-refractivity contribution in [3.05, 3.63) is 71.8 Å². The van der Waals surface area contributed by atoms with Gasteiger partial charge in [0, 0.05) is 11.1 Å². The normalized spacial score (nSPS) is 34.2. The van der Waals surface area contributed by atoms with Crippen LogP contribution in [0.25, 0.3) is 0 Å². The van der Waals surface area contributed by atoms with Crippen LogP contribution in [0.5, 0.6) is 0 Å². The molecule has 0 saturated carbocycles. The van der Waals surface area contributed by atoms with Gasteiger partial charge in [0.05, 0.1) is 13.2 Å². The number of hydrogen-bond donors (Lipinski definition) is 2. The molecule has 2 aromatic rings. The summed E-state index contributed by atoms with van der Waals surface area (Å²) in [6, 6.07) is 19.0. The highest BCUT2D eigenvalue weighted by molar-refractivity contribution is 5.18. The lowest BCUT2D eigenvalue weighted by Gasteiger charge is -2.24. The van der Waals surface area contributed by atoms with Crippen molar-refractivity contribution in [3.63, 3.8) is 0 Å². The van der Waals surface area contributed by atoms with Gasteiger partial charge in [-0.3, -0.25) is 0 Å². The maximum atomic E-state index is 9.86. The quantitative estimate of drug-likeness (QED) is 0.870. The molecule has 2 aromatic carbocycles. The molecule has 2 fully saturated rings. The monoisotopic (exact) mass is 358 g/mol. The van der Waals surface area contributed by atoms with Crippen molar-refractivity contribution in [1.29, 1.82) is 0 Å². The van der Waals surface area contributed by atoms with E-state index in [1.807, 2.05) is 60.7 Å². The van der Waals surface area contributed by atoms with Gasteiger partial charge in [0.2, 0.25) is 0 Å². The molecule has 0 aromatic heterocycles. The van der Waals surface area contributed by atoms with Gasteiger partial charge in [-0.15, -0.1) is 0 Å². The summed E-state index contributed by atoms with van der Waals surface area (Å²) in [5, 5.41) is 19.7. The lowest BCUT2D eigenvalue weighted by atomic mass is 10.0. The Morgan fingerprint density at radius 3 is 1.35 bits per heavy atom. The second-order valence-corrected chi connectivity index (χ2v) is 6.40. The minimum absolute atomic E-state index is 0.239. The van der Waals surface area contributed by atoms with Crippen LogP contribution in [0.2, 0.25) is 0 Å². The number of aliphatic hydroxyl groups excluding tert-OH is 2. The molecule has 2 saturated heterocycles. The van der Waals surface area contributed by atoms with E-state index in [9.17, 15) is 10.2 Å². The lowest BCUT2D eigenvalue weighted by Crippen LogP contribution is -2.43. The maximum Gasteiger partial charge on any atom is 0.184 e. The van der Waals surface area contributed by atoms with Crippen molar-refractivity contribution in [2.24, 2.45) is 0 Å². The van der Waals surface area contributed by atoms with Gasteiger partial charge in [0.1, 0.15) is 24.4 Å². The van der Waals surface area contributed by atoms with Crippen molar-refractivity contribution >= 4 is 0 Å². The Kier molecular flexibility index (Phi) is 5.31. The van der Waals surface area contributed by atoms with E-state index in [-0.39, 0.29) is 13.2 Å². The SMILES string of the molecule is OC[C@@H]1OC(c2ccccc2)O[C@H](CO)[C@H]2OC(c3ccccc3)O[C@@H]21. The first kappa shape index (κ1) is 17.6.